The third-order valence-electron chi connectivity index (χ3n) is 0.258. The maximum Gasteiger partial charge on any atom is 0.403 e. The molecule has 4 heteroatoms. The molecule has 0 fully saturated rings. The predicted octanol–water partition coefficient (Wildman–Crippen LogP) is 2.75. The van der Waals surface area contributed by atoms with Gasteiger partial charge in [-0.1, -0.05) is 19.6 Å². The van der Waals surface area contributed by atoms with Gasteiger partial charge in [-0.2, -0.15) is 0 Å². The number of carbonyl (C=O) groups excluding carboxylic acids is 1. The molecule has 1 radical (unpaired) electrons. The summed E-state index contributed by atoms with van der Waals surface area (Å²) in [5.41, 5.74) is -0.738. The Hall–Kier alpha value is -0.0231. The van der Waals surface area contributed by atoms with Gasteiger partial charge >= 0.3 is 5.43 Å². The lowest BCUT2D eigenvalue weighted by atomic mass is 10.9. The Morgan fingerprint density at radius 3 is 1.80 bits per heavy atom. The average Bonchev–Trinajstić information content (AvgIpc) is 1.62. The Balaban J connectivity index is 0. The topological polar surface area (TPSA) is 26.3 Å². The van der Waals surface area contributed by atoms with Crippen LogP contribution in [-0.4, -0.2) is 20.8 Å². The van der Waals surface area contributed by atoms with Gasteiger partial charge in [0, 0.05) is 20.4 Å². The smallest absolute Gasteiger partial charge is 0.403 e. The van der Waals surface area contributed by atoms with E-state index in [1.165, 1.54) is 0 Å². The minimum atomic E-state index is -0.738. The highest BCUT2D eigenvalue weighted by atomic mass is 35.5. The highest BCUT2D eigenvalue weighted by Crippen LogP contribution is 1.82. The molecule has 0 saturated heterocycles. The van der Waals surface area contributed by atoms with Crippen LogP contribution in [0, 0.1) is 0 Å². The monoisotopic (exact) mass is 181 g/mol. The molecule has 0 rings (SSSR count). The molecule has 61 valence electrons. The number of ether oxygens (including phenoxy) is 1. The molecule has 10 heavy (non-hydrogen) atoms. The quantitative estimate of drug-likeness (QED) is 0.460. The Labute approximate surface area is 69.1 Å². The first-order valence-electron chi connectivity index (χ1n) is 3.09. The number of carbonyl (C=O) groups is 1. The van der Waals surface area contributed by atoms with E-state index >= 15 is 0 Å². The fourth-order valence-corrected chi connectivity index (χ4v) is 0.223. The largest absolute Gasteiger partial charge is 0.454 e. The maximum absolute atomic E-state index is 9.59. The molecule has 0 aliphatic carbocycles. The molecular formula is C6H14ClO2Si. The SMILES string of the molecule is CCOC(=O)Cl.C[Si](C)C. The minimum Gasteiger partial charge on any atom is -0.454 e. The van der Waals surface area contributed by atoms with Crippen LogP contribution in [0.25, 0.3) is 0 Å². The average molecular weight is 182 g/mol. The minimum absolute atomic E-state index is 0.120. The van der Waals surface area contributed by atoms with Crippen LogP contribution in [0.15, 0.2) is 0 Å². The van der Waals surface area contributed by atoms with Crippen molar-refractivity contribution in [2.24, 2.45) is 0 Å². The standard InChI is InChI=1S/C3H5ClO2.C3H9Si/c1-2-6-3(4)5;1-4(2)3/h2H2,1H3;1-3H3. The Kier molecular flexibility index (Phi) is 11.3. The summed E-state index contributed by atoms with van der Waals surface area (Å²) >= 11 is 4.72. The second-order valence-electron chi connectivity index (χ2n) is 2.17. The van der Waals surface area contributed by atoms with Crippen molar-refractivity contribution in [3.05, 3.63) is 0 Å². The van der Waals surface area contributed by atoms with Crippen molar-refractivity contribution < 1.29 is 9.53 Å². The van der Waals surface area contributed by atoms with Gasteiger partial charge in [-0.3, -0.25) is 0 Å². The van der Waals surface area contributed by atoms with Gasteiger partial charge in [0.15, 0.2) is 0 Å². The van der Waals surface area contributed by atoms with Crippen LogP contribution in [0.5, 0.6) is 0 Å². The number of rotatable bonds is 1. The summed E-state index contributed by atoms with van der Waals surface area (Å²) < 4.78 is 4.17. The normalized spacial score (nSPS) is 8.20. The van der Waals surface area contributed by atoms with Gasteiger partial charge in [0.2, 0.25) is 0 Å². The zero-order chi connectivity index (χ0) is 8.57. The van der Waals surface area contributed by atoms with E-state index < -0.39 is 5.43 Å². The molecule has 0 atom stereocenters. The van der Waals surface area contributed by atoms with Crippen molar-refractivity contribution in [3.63, 3.8) is 0 Å². The van der Waals surface area contributed by atoms with Gasteiger partial charge in [0.1, 0.15) is 0 Å². The van der Waals surface area contributed by atoms with E-state index in [-0.39, 0.29) is 8.80 Å². The summed E-state index contributed by atoms with van der Waals surface area (Å²) in [6.07, 6.45) is 0. The van der Waals surface area contributed by atoms with E-state index in [4.69, 9.17) is 11.6 Å². The van der Waals surface area contributed by atoms with Gasteiger partial charge in [-0.15, -0.1) is 0 Å². The molecule has 0 heterocycles. The van der Waals surface area contributed by atoms with E-state index in [1.807, 2.05) is 0 Å². The first-order valence-corrected chi connectivity index (χ1v) is 6.47. The van der Waals surface area contributed by atoms with Crippen molar-refractivity contribution in [2.75, 3.05) is 6.61 Å². The lowest BCUT2D eigenvalue weighted by Crippen LogP contribution is -1.89. The summed E-state index contributed by atoms with van der Waals surface area (Å²) in [4.78, 5) is 9.59. The van der Waals surface area contributed by atoms with Crippen LogP contribution in [0.1, 0.15) is 6.92 Å². The predicted molar refractivity (Wildman–Crippen MR) is 46.2 cm³/mol. The van der Waals surface area contributed by atoms with Crippen molar-refractivity contribution >= 4 is 25.8 Å². The Morgan fingerprint density at radius 2 is 1.80 bits per heavy atom. The van der Waals surface area contributed by atoms with Crippen LogP contribution >= 0.6 is 11.6 Å². The molecule has 0 aliphatic rings. The molecule has 0 bridgehead atoms. The highest BCUT2D eigenvalue weighted by Gasteiger charge is 1.86. The zero-order valence-electron chi connectivity index (χ0n) is 6.90. The van der Waals surface area contributed by atoms with Crippen LogP contribution in [-0.2, 0) is 4.74 Å². The van der Waals surface area contributed by atoms with E-state index in [1.54, 1.807) is 6.92 Å². The van der Waals surface area contributed by atoms with Crippen molar-refractivity contribution in [1.29, 1.82) is 0 Å². The van der Waals surface area contributed by atoms with Gasteiger partial charge in [-0.05, 0) is 6.92 Å². The van der Waals surface area contributed by atoms with Crippen molar-refractivity contribution in [1.82, 2.24) is 0 Å². The highest BCUT2D eigenvalue weighted by molar-refractivity contribution is 6.61. The second-order valence-corrected chi connectivity index (χ2v) is 5.48. The third kappa shape index (κ3) is 43.8. The number of hydrogen-bond acceptors (Lipinski definition) is 2. The molecule has 0 amide bonds. The summed E-state index contributed by atoms with van der Waals surface area (Å²) in [6, 6.07) is 0. The second kappa shape index (κ2) is 8.98. The first-order chi connectivity index (χ1) is 4.50. The lowest BCUT2D eigenvalue weighted by molar-refractivity contribution is 0.180. The molecule has 0 unspecified atom stereocenters. The van der Waals surface area contributed by atoms with E-state index in [0.29, 0.717) is 6.61 Å². The molecule has 2 nitrogen and oxygen atoms in total. The molecule has 0 aromatic carbocycles. The van der Waals surface area contributed by atoms with Gasteiger partial charge in [0.25, 0.3) is 0 Å². The number of halogens is 1. The van der Waals surface area contributed by atoms with E-state index in [0.717, 1.165) is 0 Å². The number of hydrogen-bond donors (Lipinski definition) is 0. The first kappa shape index (κ1) is 12.6. The fraction of sp³-hybridized carbons (Fsp3) is 0.833. The fourth-order valence-electron chi connectivity index (χ4n) is 0.113. The summed E-state index contributed by atoms with van der Waals surface area (Å²) in [5, 5.41) is 0. The van der Waals surface area contributed by atoms with E-state index in [2.05, 4.69) is 24.4 Å². The summed E-state index contributed by atoms with van der Waals surface area (Å²) in [7, 11) is 0.120. The van der Waals surface area contributed by atoms with Gasteiger partial charge in [0.05, 0.1) is 6.61 Å². The van der Waals surface area contributed by atoms with Crippen LogP contribution < -0.4 is 0 Å². The molecule has 0 N–H and O–H groups in total. The van der Waals surface area contributed by atoms with Gasteiger partial charge < -0.3 is 4.74 Å². The van der Waals surface area contributed by atoms with Crippen molar-refractivity contribution in [3.8, 4) is 0 Å². The molecule has 0 saturated carbocycles. The third-order valence-corrected chi connectivity index (χ3v) is 0.367. The molecule has 0 aromatic rings. The lowest BCUT2D eigenvalue weighted by Gasteiger charge is -1.86. The van der Waals surface area contributed by atoms with Gasteiger partial charge in [-0.25, -0.2) is 4.79 Å². The molecule has 0 aliphatic heterocycles. The summed E-state index contributed by atoms with van der Waals surface area (Å²) in [5.74, 6) is 0. The molecule has 0 aromatic heterocycles. The molecule has 0 spiro atoms. The van der Waals surface area contributed by atoms with Crippen LogP contribution in [0.2, 0.25) is 19.6 Å². The van der Waals surface area contributed by atoms with Crippen LogP contribution in [0.3, 0.4) is 0 Å². The summed E-state index contributed by atoms with van der Waals surface area (Å²) in [6.45, 7) is 8.85. The molecular weight excluding hydrogens is 168 g/mol. The zero-order valence-corrected chi connectivity index (χ0v) is 8.66. The Bertz CT molecular complexity index is 83.1. The van der Waals surface area contributed by atoms with E-state index in [9.17, 15) is 4.79 Å². The Morgan fingerprint density at radius 1 is 1.50 bits per heavy atom. The maximum atomic E-state index is 9.59. The van der Waals surface area contributed by atoms with Crippen LogP contribution in [0.4, 0.5) is 4.79 Å². The van der Waals surface area contributed by atoms with Crippen molar-refractivity contribution in [2.45, 2.75) is 26.6 Å².